The Morgan fingerprint density at radius 1 is 0.935 bits per heavy atom. The number of ether oxygens (including phenoxy) is 3. The van der Waals surface area contributed by atoms with Crippen LogP contribution in [0.25, 0.3) is 0 Å². The lowest BCUT2D eigenvalue weighted by Gasteiger charge is -2.03. The van der Waals surface area contributed by atoms with Crippen molar-refractivity contribution in [3.05, 3.63) is 59.2 Å². The van der Waals surface area contributed by atoms with Gasteiger partial charge in [0.25, 0.3) is 0 Å². The number of hydrogen-bond donors (Lipinski definition) is 1. The van der Waals surface area contributed by atoms with E-state index in [1.165, 1.54) is 24.3 Å². The SMILES string of the molecule is CCOC(=O)CC(=O)c1ccc(C(=O)CC(=O)O)cc1.O=Cc1ccc2c(c1)OCO2. The van der Waals surface area contributed by atoms with Gasteiger partial charge in [0.05, 0.1) is 6.61 Å². The van der Waals surface area contributed by atoms with E-state index in [-0.39, 0.29) is 30.9 Å². The number of carboxylic acids is 1. The second kappa shape index (κ2) is 11.2. The van der Waals surface area contributed by atoms with Gasteiger partial charge in [-0.1, -0.05) is 24.3 Å². The van der Waals surface area contributed by atoms with E-state index >= 15 is 0 Å². The first-order valence-corrected chi connectivity index (χ1v) is 9.22. The van der Waals surface area contributed by atoms with Crippen LogP contribution in [0.2, 0.25) is 0 Å². The minimum atomic E-state index is -1.21. The smallest absolute Gasteiger partial charge is 0.313 e. The number of aliphatic carboxylic acids is 1. The third-order valence-electron chi connectivity index (χ3n) is 3.98. The average Bonchev–Trinajstić information content (AvgIpc) is 3.21. The minimum Gasteiger partial charge on any atom is -0.481 e. The van der Waals surface area contributed by atoms with Crippen molar-refractivity contribution in [2.75, 3.05) is 13.4 Å². The Morgan fingerprint density at radius 3 is 2.06 bits per heavy atom. The maximum atomic E-state index is 11.7. The van der Waals surface area contributed by atoms with Gasteiger partial charge in [0, 0.05) is 16.7 Å². The summed E-state index contributed by atoms with van der Waals surface area (Å²) in [4.78, 5) is 55.1. The van der Waals surface area contributed by atoms with Gasteiger partial charge < -0.3 is 19.3 Å². The predicted molar refractivity (Wildman–Crippen MR) is 107 cm³/mol. The van der Waals surface area contributed by atoms with Gasteiger partial charge in [-0.25, -0.2) is 0 Å². The van der Waals surface area contributed by atoms with Crippen LogP contribution in [0.4, 0.5) is 0 Å². The molecule has 1 N–H and O–H groups in total. The number of esters is 1. The predicted octanol–water partition coefficient (Wildman–Crippen LogP) is 2.71. The highest BCUT2D eigenvalue weighted by Crippen LogP contribution is 2.31. The first kappa shape index (κ1) is 23.3. The molecule has 31 heavy (non-hydrogen) atoms. The van der Waals surface area contributed by atoms with E-state index < -0.39 is 29.9 Å². The molecular formula is C22H20O9. The number of aldehydes is 1. The van der Waals surface area contributed by atoms with Crippen molar-refractivity contribution in [2.24, 2.45) is 0 Å². The van der Waals surface area contributed by atoms with Crippen LogP contribution in [-0.2, 0) is 14.3 Å². The van der Waals surface area contributed by atoms with Crippen molar-refractivity contribution in [1.29, 1.82) is 0 Å². The largest absolute Gasteiger partial charge is 0.481 e. The van der Waals surface area contributed by atoms with Crippen LogP contribution in [0.3, 0.4) is 0 Å². The van der Waals surface area contributed by atoms with Crippen molar-refractivity contribution < 1.29 is 43.3 Å². The number of carbonyl (C=O) groups is 5. The van der Waals surface area contributed by atoms with Gasteiger partial charge in [-0.05, 0) is 25.1 Å². The minimum absolute atomic E-state index is 0.203. The summed E-state index contributed by atoms with van der Waals surface area (Å²) in [6, 6.07) is 10.6. The van der Waals surface area contributed by atoms with Gasteiger partial charge in [0.1, 0.15) is 19.1 Å². The van der Waals surface area contributed by atoms with Crippen LogP contribution in [0, 0.1) is 0 Å². The topological polar surface area (TPSA) is 133 Å². The Labute approximate surface area is 177 Å². The van der Waals surface area contributed by atoms with Crippen molar-refractivity contribution >= 4 is 29.8 Å². The zero-order chi connectivity index (χ0) is 22.8. The summed E-state index contributed by atoms with van der Waals surface area (Å²) in [5, 5.41) is 8.51. The number of benzene rings is 2. The summed E-state index contributed by atoms with van der Waals surface area (Å²) in [7, 11) is 0. The molecule has 0 fully saturated rings. The van der Waals surface area contributed by atoms with E-state index in [1.807, 2.05) is 0 Å². The van der Waals surface area contributed by atoms with E-state index in [1.54, 1.807) is 25.1 Å². The van der Waals surface area contributed by atoms with Gasteiger partial charge in [0.15, 0.2) is 23.1 Å². The quantitative estimate of drug-likeness (QED) is 0.291. The zero-order valence-electron chi connectivity index (χ0n) is 16.7. The molecule has 0 aromatic heterocycles. The molecule has 1 aliphatic heterocycles. The van der Waals surface area contributed by atoms with Gasteiger partial charge in [-0.3, -0.25) is 24.0 Å². The number of ketones is 2. The number of hydrogen-bond acceptors (Lipinski definition) is 8. The molecule has 0 spiro atoms. The highest BCUT2D eigenvalue weighted by atomic mass is 16.7. The van der Waals surface area contributed by atoms with Crippen molar-refractivity contribution in [3.63, 3.8) is 0 Å². The summed E-state index contributed by atoms with van der Waals surface area (Å²) in [5.41, 5.74) is 1.08. The molecule has 0 aliphatic carbocycles. The standard InChI is InChI=1S/C14H14O6.C8H6O3/c1-2-20-14(19)8-12(16)10-5-3-9(4-6-10)11(15)7-13(17)18;9-4-6-1-2-7-8(3-6)11-5-10-7/h3-6H,2,7-8H2,1H3,(H,17,18);1-4H,5H2. The monoisotopic (exact) mass is 428 g/mol. The van der Waals surface area contributed by atoms with E-state index in [4.69, 9.17) is 14.6 Å². The molecule has 3 rings (SSSR count). The van der Waals surface area contributed by atoms with Crippen molar-refractivity contribution in [1.82, 2.24) is 0 Å². The number of Topliss-reactive ketones (excluding diaryl/α,β-unsaturated/α-hetero) is 2. The lowest BCUT2D eigenvalue weighted by atomic mass is 10.0. The highest BCUT2D eigenvalue weighted by Gasteiger charge is 2.15. The molecule has 0 bridgehead atoms. The molecule has 0 unspecified atom stereocenters. The molecule has 1 heterocycles. The lowest BCUT2D eigenvalue weighted by molar-refractivity contribution is -0.142. The first-order chi connectivity index (χ1) is 14.8. The molecule has 0 amide bonds. The first-order valence-electron chi connectivity index (χ1n) is 9.22. The van der Waals surface area contributed by atoms with Crippen LogP contribution < -0.4 is 9.47 Å². The van der Waals surface area contributed by atoms with Crippen molar-refractivity contribution in [2.45, 2.75) is 19.8 Å². The van der Waals surface area contributed by atoms with Gasteiger partial charge in [0.2, 0.25) is 6.79 Å². The number of fused-ring (bicyclic) bond motifs is 1. The number of carbonyl (C=O) groups excluding carboxylic acids is 4. The van der Waals surface area contributed by atoms with Gasteiger partial charge in [-0.2, -0.15) is 0 Å². The second-order valence-electron chi connectivity index (χ2n) is 6.21. The number of rotatable bonds is 8. The van der Waals surface area contributed by atoms with E-state index in [9.17, 15) is 24.0 Å². The Balaban J connectivity index is 0.000000258. The Kier molecular flexibility index (Phi) is 8.44. The van der Waals surface area contributed by atoms with Gasteiger partial charge in [-0.15, -0.1) is 0 Å². The number of carboxylic acid groups (broad SMARTS) is 1. The van der Waals surface area contributed by atoms with Crippen LogP contribution >= 0.6 is 0 Å². The summed E-state index contributed by atoms with van der Waals surface area (Å²) < 4.78 is 14.8. The van der Waals surface area contributed by atoms with E-state index in [0.29, 0.717) is 17.1 Å². The molecule has 9 nitrogen and oxygen atoms in total. The molecule has 9 heteroatoms. The van der Waals surface area contributed by atoms with Crippen LogP contribution in [0.1, 0.15) is 50.8 Å². The van der Waals surface area contributed by atoms with E-state index in [2.05, 4.69) is 4.74 Å². The molecule has 0 saturated heterocycles. The molecular weight excluding hydrogens is 408 g/mol. The molecule has 1 aliphatic rings. The normalized spacial score (nSPS) is 11.0. The third-order valence-corrected chi connectivity index (χ3v) is 3.98. The van der Waals surface area contributed by atoms with Gasteiger partial charge >= 0.3 is 11.9 Å². The van der Waals surface area contributed by atoms with E-state index in [0.717, 1.165) is 6.29 Å². The average molecular weight is 428 g/mol. The maximum Gasteiger partial charge on any atom is 0.313 e. The summed E-state index contributed by atoms with van der Waals surface area (Å²) >= 11 is 0. The third kappa shape index (κ3) is 7.07. The second-order valence-corrected chi connectivity index (χ2v) is 6.21. The Hall–Kier alpha value is -4.01. The Bertz CT molecular complexity index is 977. The van der Waals surface area contributed by atoms with Crippen LogP contribution in [-0.4, -0.2) is 48.3 Å². The maximum absolute atomic E-state index is 11.7. The summed E-state index contributed by atoms with van der Waals surface area (Å²) in [6.45, 7) is 2.09. The molecule has 0 radical (unpaired) electrons. The molecule has 0 atom stereocenters. The molecule has 2 aromatic carbocycles. The summed E-state index contributed by atoms with van der Waals surface area (Å²) in [6.07, 6.45) is -0.186. The summed E-state index contributed by atoms with van der Waals surface area (Å²) in [5.74, 6) is -1.42. The fourth-order valence-electron chi connectivity index (χ4n) is 2.51. The zero-order valence-corrected chi connectivity index (χ0v) is 16.7. The Morgan fingerprint density at radius 2 is 1.52 bits per heavy atom. The lowest BCUT2D eigenvalue weighted by Crippen LogP contribution is -2.12. The van der Waals surface area contributed by atoms with Crippen molar-refractivity contribution in [3.8, 4) is 11.5 Å². The van der Waals surface area contributed by atoms with Crippen LogP contribution in [0.15, 0.2) is 42.5 Å². The van der Waals surface area contributed by atoms with Crippen LogP contribution in [0.5, 0.6) is 11.5 Å². The fourth-order valence-corrected chi connectivity index (χ4v) is 2.51. The highest BCUT2D eigenvalue weighted by molar-refractivity contribution is 6.08. The molecule has 0 saturated carbocycles. The molecule has 162 valence electrons. The molecule has 2 aromatic rings. The fraction of sp³-hybridized carbons (Fsp3) is 0.227.